The number of carbonyl (C=O) groups is 1. The fraction of sp³-hybridized carbons (Fsp3) is 0.500. The predicted molar refractivity (Wildman–Crippen MR) is 78.3 cm³/mol. The van der Waals surface area contributed by atoms with Gasteiger partial charge in [-0.3, -0.25) is 4.79 Å². The molecule has 0 aliphatic carbocycles. The van der Waals surface area contributed by atoms with Gasteiger partial charge in [0.15, 0.2) is 0 Å². The average molecular weight is 282 g/mol. The molecule has 1 atom stereocenters. The van der Waals surface area contributed by atoms with Crippen molar-refractivity contribution in [3.05, 3.63) is 28.8 Å². The molecule has 0 spiro atoms. The molecule has 1 amide bonds. The van der Waals surface area contributed by atoms with Crippen LogP contribution in [0.5, 0.6) is 0 Å². The molecule has 1 aliphatic rings. The van der Waals surface area contributed by atoms with Gasteiger partial charge in [0, 0.05) is 30.3 Å². The number of rotatable bonds is 5. The van der Waals surface area contributed by atoms with Crippen LogP contribution < -0.4 is 16.0 Å². The number of carbonyl (C=O) groups excluding carboxylic acids is 1. The monoisotopic (exact) mass is 281 g/mol. The van der Waals surface area contributed by atoms with Crippen molar-refractivity contribution >= 4 is 23.2 Å². The second-order valence-corrected chi connectivity index (χ2v) is 5.32. The summed E-state index contributed by atoms with van der Waals surface area (Å²) in [5.41, 5.74) is 7.69. The molecule has 4 nitrogen and oxygen atoms in total. The van der Waals surface area contributed by atoms with Gasteiger partial charge in [0.25, 0.3) is 0 Å². The van der Waals surface area contributed by atoms with Gasteiger partial charge < -0.3 is 16.0 Å². The Morgan fingerprint density at radius 2 is 2.37 bits per heavy atom. The minimum absolute atomic E-state index is 0.0392. The third-order valence-electron chi connectivity index (χ3n) is 3.54. The van der Waals surface area contributed by atoms with Crippen LogP contribution in [0, 0.1) is 5.92 Å². The van der Waals surface area contributed by atoms with Crippen LogP contribution in [0.15, 0.2) is 18.2 Å². The summed E-state index contributed by atoms with van der Waals surface area (Å²) >= 11 is 6.06. The van der Waals surface area contributed by atoms with E-state index in [4.69, 9.17) is 17.3 Å². The summed E-state index contributed by atoms with van der Waals surface area (Å²) in [6, 6.07) is 5.90. The van der Waals surface area contributed by atoms with E-state index in [2.05, 4.69) is 17.1 Å². The molecule has 1 heterocycles. The van der Waals surface area contributed by atoms with Crippen LogP contribution >= 0.6 is 11.6 Å². The number of anilines is 1. The van der Waals surface area contributed by atoms with E-state index < -0.39 is 0 Å². The molecular weight excluding hydrogens is 262 g/mol. The van der Waals surface area contributed by atoms with Crippen molar-refractivity contribution in [1.82, 2.24) is 5.32 Å². The molecule has 5 heteroatoms. The van der Waals surface area contributed by atoms with Gasteiger partial charge in [-0.15, -0.1) is 0 Å². The summed E-state index contributed by atoms with van der Waals surface area (Å²) in [6.45, 7) is 5.34. The number of nitrogens with zero attached hydrogens (tertiary/aromatic N) is 1. The van der Waals surface area contributed by atoms with E-state index in [1.807, 2.05) is 18.2 Å². The van der Waals surface area contributed by atoms with Crippen molar-refractivity contribution in [1.29, 1.82) is 0 Å². The first kappa shape index (κ1) is 14.2. The van der Waals surface area contributed by atoms with Crippen LogP contribution in [0.2, 0.25) is 5.02 Å². The predicted octanol–water partition coefficient (Wildman–Crippen LogP) is 1.76. The third kappa shape index (κ3) is 3.39. The molecule has 0 bridgehead atoms. The summed E-state index contributed by atoms with van der Waals surface area (Å²) in [6.07, 6.45) is 0.832. The Balaban J connectivity index is 2.17. The Morgan fingerprint density at radius 1 is 1.58 bits per heavy atom. The maximum Gasteiger partial charge on any atom is 0.222 e. The van der Waals surface area contributed by atoms with E-state index in [9.17, 15) is 4.79 Å². The smallest absolute Gasteiger partial charge is 0.222 e. The number of amides is 1. The summed E-state index contributed by atoms with van der Waals surface area (Å²) in [5, 5.41) is 4.05. The number of nitrogens with one attached hydrogen (secondary N) is 1. The first-order chi connectivity index (χ1) is 9.11. The minimum Gasteiger partial charge on any atom is -0.370 e. The van der Waals surface area contributed by atoms with E-state index in [-0.39, 0.29) is 11.8 Å². The van der Waals surface area contributed by atoms with E-state index in [0.29, 0.717) is 6.54 Å². The molecule has 0 saturated carbocycles. The quantitative estimate of drug-likeness (QED) is 0.865. The number of hydrogen-bond donors (Lipinski definition) is 2. The van der Waals surface area contributed by atoms with Crippen molar-refractivity contribution in [3.63, 3.8) is 0 Å². The largest absolute Gasteiger partial charge is 0.370 e. The third-order valence-corrected chi connectivity index (χ3v) is 3.77. The Kier molecular flexibility index (Phi) is 4.66. The van der Waals surface area contributed by atoms with Gasteiger partial charge >= 0.3 is 0 Å². The lowest BCUT2D eigenvalue weighted by molar-refractivity contribution is -0.121. The molecule has 1 aromatic rings. The molecule has 1 aliphatic heterocycles. The number of benzene rings is 1. The average Bonchev–Trinajstić information content (AvgIpc) is 2.86. The lowest BCUT2D eigenvalue weighted by Crippen LogP contribution is -2.28. The van der Waals surface area contributed by atoms with E-state index in [0.717, 1.165) is 36.8 Å². The van der Waals surface area contributed by atoms with Crippen LogP contribution in [-0.2, 0) is 11.3 Å². The van der Waals surface area contributed by atoms with Gasteiger partial charge in [-0.25, -0.2) is 0 Å². The van der Waals surface area contributed by atoms with Crippen molar-refractivity contribution in [2.75, 3.05) is 24.5 Å². The first-order valence-electron chi connectivity index (χ1n) is 6.65. The molecule has 0 aromatic heterocycles. The first-order valence-corrected chi connectivity index (χ1v) is 7.03. The van der Waals surface area contributed by atoms with Crippen LogP contribution in [0.25, 0.3) is 0 Å². The summed E-state index contributed by atoms with van der Waals surface area (Å²) in [4.78, 5) is 13.5. The molecule has 2 rings (SSSR count). The minimum atomic E-state index is -0.204. The fourth-order valence-corrected chi connectivity index (χ4v) is 2.67. The highest BCUT2D eigenvalue weighted by atomic mass is 35.5. The van der Waals surface area contributed by atoms with Gasteiger partial charge in [0.1, 0.15) is 0 Å². The maximum atomic E-state index is 11.3. The van der Waals surface area contributed by atoms with Crippen molar-refractivity contribution in [2.24, 2.45) is 11.7 Å². The highest BCUT2D eigenvalue weighted by Crippen LogP contribution is 2.29. The summed E-state index contributed by atoms with van der Waals surface area (Å²) in [7, 11) is 0. The second-order valence-electron chi connectivity index (χ2n) is 4.89. The van der Waals surface area contributed by atoms with Gasteiger partial charge in [0.05, 0.1) is 5.92 Å². The SMILES string of the molecule is CCNCc1cc(Cl)ccc1N1CCC(C(N)=O)C1. The maximum absolute atomic E-state index is 11.3. The van der Waals surface area contributed by atoms with Crippen molar-refractivity contribution in [3.8, 4) is 0 Å². The Labute approximate surface area is 118 Å². The number of nitrogens with two attached hydrogens (primary N) is 1. The van der Waals surface area contributed by atoms with Crippen molar-refractivity contribution < 1.29 is 4.79 Å². The molecule has 1 fully saturated rings. The van der Waals surface area contributed by atoms with Gasteiger partial charge in [-0.1, -0.05) is 18.5 Å². The molecular formula is C14H20ClN3O. The number of hydrogen-bond acceptors (Lipinski definition) is 3. The van der Waals surface area contributed by atoms with Gasteiger partial charge in [0.2, 0.25) is 5.91 Å². The summed E-state index contributed by atoms with van der Waals surface area (Å²) in [5.74, 6) is -0.243. The molecule has 1 aromatic carbocycles. The molecule has 3 N–H and O–H groups in total. The molecule has 1 unspecified atom stereocenters. The van der Waals surface area contributed by atoms with E-state index in [1.165, 1.54) is 5.56 Å². The molecule has 1 saturated heterocycles. The van der Waals surface area contributed by atoms with Gasteiger partial charge in [-0.05, 0) is 36.7 Å². The topological polar surface area (TPSA) is 58.4 Å². The highest BCUT2D eigenvalue weighted by molar-refractivity contribution is 6.30. The lowest BCUT2D eigenvalue weighted by atomic mass is 10.1. The second kappa shape index (κ2) is 6.26. The van der Waals surface area contributed by atoms with E-state index >= 15 is 0 Å². The zero-order valence-electron chi connectivity index (χ0n) is 11.2. The zero-order chi connectivity index (χ0) is 13.8. The van der Waals surface area contributed by atoms with Crippen LogP contribution in [0.4, 0.5) is 5.69 Å². The Hall–Kier alpha value is -1.26. The van der Waals surface area contributed by atoms with Crippen LogP contribution in [0.3, 0.4) is 0 Å². The number of primary amides is 1. The summed E-state index contributed by atoms with van der Waals surface area (Å²) < 4.78 is 0. The number of halogens is 1. The van der Waals surface area contributed by atoms with Gasteiger partial charge in [-0.2, -0.15) is 0 Å². The zero-order valence-corrected chi connectivity index (χ0v) is 11.9. The molecule has 0 radical (unpaired) electrons. The standard InChI is InChI=1S/C14H20ClN3O/c1-2-17-8-11-7-12(15)3-4-13(11)18-6-5-10(9-18)14(16)19/h3-4,7,10,17H,2,5-6,8-9H2,1H3,(H2,16,19). The molecule has 104 valence electrons. The Morgan fingerprint density at radius 3 is 3.00 bits per heavy atom. The molecule has 19 heavy (non-hydrogen) atoms. The fourth-order valence-electron chi connectivity index (χ4n) is 2.48. The van der Waals surface area contributed by atoms with E-state index in [1.54, 1.807) is 0 Å². The lowest BCUT2D eigenvalue weighted by Gasteiger charge is -2.22. The normalized spacial score (nSPS) is 18.8. The van der Waals surface area contributed by atoms with Crippen LogP contribution in [-0.4, -0.2) is 25.5 Å². The van der Waals surface area contributed by atoms with Crippen molar-refractivity contribution in [2.45, 2.75) is 19.9 Å². The van der Waals surface area contributed by atoms with Crippen LogP contribution in [0.1, 0.15) is 18.9 Å². The highest BCUT2D eigenvalue weighted by Gasteiger charge is 2.27. The Bertz CT molecular complexity index is 464.